The summed E-state index contributed by atoms with van der Waals surface area (Å²) in [6, 6.07) is 9.33. The molecule has 14 heteroatoms. The zero-order chi connectivity index (χ0) is 26.7. The topological polar surface area (TPSA) is 169 Å². The second-order valence-electron chi connectivity index (χ2n) is 8.86. The minimum Gasteiger partial charge on any atom is -0.457 e. The van der Waals surface area contributed by atoms with E-state index < -0.39 is 38.6 Å². The van der Waals surface area contributed by atoms with E-state index in [4.69, 9.17) is 14.7 Å². The van der Waals surface area contributed by atoms with Gasteiger partial charge in [-0.25, -0.2) is 18.7 Å². The standard InChI is InChI=1S/C22H26N4O9S/c1-22(2,3)35-21(28)24-12-13-25(19(14-24)20(27)23-29)36(32,33)18-10-8-17(9-11-18)34-16-6-4-15(5-7-16)26(30)31/h4-11,19,29H,12-14H2,1-3H3,(H,23,27). The molecule has 1 heterocycles. The first-order valence-electron chi connectivity index (χ1n) is 10.8. The van der Waals surface area contributed by atoms with Crippen molar-refractivity contribution in [2.75, 3.05) is 19.6 Å². The normalized spacial score (nSPS) is 16.8. The summed E-state index contributed by atoms with van der Waals surface area (Å²) in [4.78, 5) is 36.0. The van der Waals surface area contributed by atoms with Crippen molar-refractivity contribution in [2.24, 2.45) is 0 Å². The van der Waals surface area contributed by atoms with Crippen molar-refractivity contribution >= 4 is 27.7 Å². The van der Waals surface area contributed by atoms with E-state index >= 15 is 0 Å². The Morgan fingerprint density at radius 1 is 1.06 bits per heavy atom. The van der Waals surface area contributed by atoms with Gasteiger partial charge in [-0.3, -0.25) is 20.1 Å². The summed E-state index contributed by atoms with van der Waals surface area (Å²) < 4.78 is 38.4. The van der Waals surface area contributed by atoms with Gasteiger partial charge in [-0.1, -0.05) is 0 Å². The second-order valence-corrected chi connectivity index (χ2v) is 10.7. The van der Waals surface area contributed by atoms with Crippen LogP contribution in [0.3, 0.4) is 0 Å². The third-order valence-corrected chi connectivity index (χ3v) is 7.03. The third kappa shape index (κ3) is 6.27. The number of sulfonamides is 1. The van der Waals surface area contributed by atoms with Crippen molar-refractivity contribution < 1.29 is 37.6 Å². The first-order chi connectivity index (χ1) is 16.8. The largest absolute Gasteiger partial charge is 0.457 e. The number of nitro benzene ring substituents is 1. The van der Waals surface area contributed by atoms with E-state index in [1.54, 1.807) is 20.8 Å². The molecule has 1 fully saturated rings. The van der Waals surface area contributed by atoms with Gasteiger partial charge in [0.1, 0.15) is 23.1 Å². The number of amides is 2. The maximum atomic E-state index is 13.3. The summed E-state index contributed by atoms with van der Waals surface area (Å²) in [5.74, 6) is -0.402. The van der Waals surface area contributed by atoms with Gasteiger partial charge in [0.05, 0.1) is 9.82 Å². The van der Waals surface area contributed by atoms with Crippen molar-refractivity contribution in [3.05, 3.63) is 58.6 Å². The van der Waals surface area contributed by atoms with Crippen LogP contribution in [0.15, 0.2) is 53.4 Å². The number of ether oxygens (including phenoxy) is 2. The van der Waals surface area contributed by atoms with Crippen LogP contribution in [0.4, 0.5) is 10.5 Å². The first-order valence-corrected chi connectivity index (χ1v) is 12.2. The molecule has 2 N–H and O–H groups in total. The number of carbonyl (C=O) groups excluding carboxylic acids is 2. The molecule has 0 aromatic heterocycles. The van der Waals surface area contributed by atoms with E-state index in [1.807, 2.05) is 0 Å². The zero-order valence-electron chi connectivity index (χ0n) is 19.8. The molecular weight excluding hydrogens is 496 g/mol. The Kier molecular flexibility index (Phi) is 7.81. The van der Waals surface area contributed by atoms with Crippen LogP contribution in [-0.4, -0.2) is 71.0 Å². The molecule has 0 spiro atoms. The Bertz CT molecular complexity index is 1230. The average molecular weight is 523 g/mol. The van der Waals surface area contributed by atoms with Crippen LogP contribution < -0.4 is 10.2 Å². The highest BCUT2D eigenvalue weighted by Crippen LogP contribution is 2.27. The fraction of sp³-hybridized carbons (Fsp3) is 0.364. The number of nitro groups is 1. The number of nitrogens with zero attached hydrogens (tertiary/aromatic N) is 3. The van der Waals surface area contributed by atoms with Gasteiger partial charge in [0, 0.05) is 31.8 Å². The van der Waals surface area contributed by atoms with Gasteiger partial charge < -0.3 is 14.4 Å². The molecule has 1 unspecified atom stereocenters. The number of non-ortho nitro benzene ring substituents is 1. The van der Waals surface area contributed by atoms with E-state index in [0.29, 0.717) is 5.75 Å². The van der Waals surface area contributed by atoms with Crippen molar-refractivity contribution in [3.8, 4) is 11.5 Å². The van der Waals surface area contributed by atoms with Gasteiger partial charge in [-0.05, 0) is 57.2 Å². The van der Waals surface area contributed by atoms with Gasteiger partial charge in [0.25, 0.3) is 11.6 Å². The molecule has 0 radical (unpaired) electrons. The van der Waals surface area contributed by atoms with Crippen LogP contribution in [-0.2, 0) is 19.6 Å². The predicted molar refractivity (Wildman–Crippen MR) is 125 cm³/mol. The molecule has 1 aliphatic heterocycles. The Labute approximate surface area is 207 Å². The maximum absolute atomic E-state index is 13.3. The van der Waals surface area contributed by atoms with Crippen molar-refractivity contribution in [1.29, 1.82) is 0 Å². The lowest BCUT2D eigenvalue weighted by Crippen LogP contribution is -2.61. The molecule has 3 rings (SSSR count). The highest BCUT2D eigenvalue weighted by molar-refractivity contribution is 7.89. The molecule has 1 aliphatic rings. The Morgan fingerprint density at radius 3 is 2.11 bits per heavy atom. The van der Waals surface area contributed by atoms with Gasteiger partial charge in [0.15, 0.2) is 0 Å². The molecule has 13 nitrogen and oxygen atoms in total. The number of piperazine rings is 1. The lowest BCUT2D eigenvalue weighted by atomic mass is 10.2. The molecule has 0 saturated carbocycles. The van der Waals surface area contributed by atoms with Gasteiger partial charge in [0.2, 0.25) is 10.0 Å². The molecule has 1 atom stereocenters. The fourth-order valence-electron chi connectivity index (χ4n) is 3.42. The summed E-state index contributed by atoms with van der Waals surface area (Å²) in [6.07, 6.45) is -0.706. The molecule has 0 aliphatic carbocycles. The van der Waals surface area contributed by atoms with Crippen LogP contribution in [0, 0.1) is 10.1 Å². The van der Waals surface area contributed by atoms with Crippen LogP contribution in [0.1, 0.15) is 20.8 Å². The van der Waals surface area contributed by atoms with Gasteiger partial charge in [-0.15, -0.1) is 0 Å². The zero-order valence-corrected chi connectivity index (χ0v) is 20.6. The van der Waals surface area contributed by atoms with Crippen LogP contribution >= 0.6 is 0 Å². The quantitative estimate of drug-likeness (QED) is 0.329. The van der Waals surface area contributed by atoms with Crippen molar-refractivity contribution in [1.82, 2.24) is 14.7 Å². The maximum Gasteiger partial charge on any atom is 0.410 e. The predicted octanol–water partition coefficient (Wildman–Crippen LogP) is 2.50. The molecule has 1 saturated heterocycles. The van der Waals surface area contributed by atoms with Crippen LogP contribution in [0.25, 0.3) is 0 Å². The summed E-state index contributed by atoms with van der Waals surface area (Å²) in [7, 11) is -4.20. The molecule has 2 aromatic rings. The summed E-state index contributed by atoms with van der Waals surface area (Å²) in [6.45, 7) is 4.49. The van der Waals surface area contributed by atoms with Gasteiger partial charge >= 0.3 is 6.09 Å². The number of hydrogen-bond donors (Lipinski definition) is 2. The molecule has 36 heavy (non-hydrogen) atoms. The minimum atomic E-state index is -4.20. The number of carbonyl (C=O) groups is 2. The van der Waals surface area contributed by atoms with Crippen LogP contribution in [0.2, 0.25) is 0 Å². The lowest BCUT2D eigenvalue weighted by molar-refractivity contribution is -0.384. The van der Waals surface area contributed by atoms with E-state index in [-0.39, 0.29) is 36.0 Å². The molecule has 2 aromatic carbocycles. The number of hydroxylamine groups is 1. The Balaban J connectivity index is 1.77. The molecule has 2 amide bonds. The number of hydrogen-bond acceptors (Lipinski definition) is 9. The minimum absolute atomic E-state index is 0.0231. The number of nitrogens with one attached hydrogen (secondary N) is 1. The molecule has 194 valence electrons. The SMILES string of the molecule is CC(C)(C)OC(=O)N1CCN(S(=O)(=O)c2ccc(Oc3ccc([N+](=O)[O-])cc3)cc2)C(C(=O)NO)C1. The van der Waals surface area contributed by atoms with Crippen LogP contribution in [0.5, 0.6) is 11.5 Å². The van der Waals surface area contributed by atoms with E-state index in [9.17, 15) is 28.1 Å². The lowest BCUT2D eigenvalue weighted by Gasteiger charge is -2.39. The number of benzene rings is 2. The highest BCUT2D eigenvalue weighted by Gasteiger charge is 2.42. The molecular formula is C22H26N4O9S. The van der Waals surface area contributed by atoms with E-state index in [1.165, 1.54) is 58.9 Å². The van der Waals surface area contributed by atoms with Gasteiger partial charge in [-0.2, -0.15) is 4.31 Å². The second kappa shape index (κ2) is 10.5. The van der Waals surface area contributed by atoms with Crippen molar-refractivity contribution in [3.63, 3.8) is 0 Å². The summed E-state index contributed by atoms with van der Waals surface area (Å²) in [5, 5.41) is 19.9. The molecule has 0 bridgehead atoms. The fourth-order valence-corrected chi connectivity index (χ4v) is 4.99. The van der Waals surface area contributed by atoms with E-state index in [2.05, 4.69) is 0 Å². The summed E-state index contributed by atoms with van der Waals surface area (Å²) >= 11 is 0. The Hall–Kier alpha value is -3.75. The van der Waals surface area contributed by atoms with E-state index in [0.717, 1.165) is 4.31 Å². The average Bonchev–Trinajstić information content (AvgIpc) is 2.82. The number of rotatable bonds is 6. The summed E-state index contributed by atoms with van der Waals surface area (Å²) in [5.41, 5.74) is 0.573. The third-order valence-electron chi connectivity index (χ3n) is 5.11. The van der Waals surface area contributed by atoms with Crippen molar-refractivity contribution in [2.45, 2.75) is 37.3 Å². The first kappa shape index (κ1) is 26.8. The Morgan fingerprint density at radius 2 is 1.61 bits per heavy atom. The smallest absolute Gasteiger partial charge is 0.410 e. The monoisotopic (exact) mass is 522 g/mol. The highest BCUT2D eigenvalue weighted by atomic mass is 32.2.